The van der Waals surface area contributed by atoms with Crippen LogP contribution in [0.5, 0.6) is 5.75 Å². The minimum Gasteiger partial charge on any atom is -0.507 e. The van der Waals surface area contributed by atoms with Gasteiger partial charge in [0.25, 0.3) is 0 Å². The molecule has 4 nitrogen and oxygen atoms in total. The Morgan fingerprint density at radius 3 is 2.52 bits per heavy atom. The average Bonchev–Trinajstić information content (AvgIpc) is 2.61. The van der Waals surface area contributed by atoms with Gasteiger partial charge in [0, 0.05) is 24.6 Å². The van der Waals surface area contributed by atoms with Gasteiger partial charge in [-0.2, -0.15) is 0 Å². The number of nitrogens with zero attached hydrogens (tertiary/aromatic N) is 3. The summed E-state index contributed by atoms with van der Waals surface area (Å²) in [6, 6.07) is 15.7. The molecule has 0 aliphatic heterocycles. The zero-order chi connectivity index (χ0) is 16.1. The number of phenols is 1. The van der Waals surface area contributed by atoms with E-state index < -0.39 is 0 Å². The zero-order valence-electron chi connectivity index (χ0n) is 13.1. The monoisotopic (exact) mass is 305 g/mol. The molecule has 0 atom stereocenters. The van der Waals surface area contributed by atoms with Crippen molar-refractivity contribution >= 4 is 11.4 Å². The normalized spacial score (nSPS) is 10.5. The minimum absolute atomic E-state index is 0.208. The van der Waals surface area contributed by atoms with Gasteiger partial charge in [0.15, 0.2) is 0 Å². The van der Waals surface area contributed by atoms with Gasteiger partial charge < -0.3 is 10.0 Å². The van der Waals surface area contributed by atoms with Crippen LogP contribution in [0.15, 0.2) is 67.1 Å². The van der Waals surface area contributed by atoms with Gasteiger partial charge in [-0.1, -0.05) is 31.2 Å². The highest BCUT2D eigenvalue weighted by atomic mass is 16.3. The van der Waals surface area contributed by atoms with E-state index in [4.69, 9.17) is 0 Å². The largest absolute Gasteiger partial charge is 0.507 e. The van der Waals surface area contributed by atoms with Crippen molar-refractivity contribution in [1.82, 2.24) is 9.97 Å². The maximum atomic E-state index is 10.4. The fraction of sp³-hybridized carbons (Fsp3) is 0.158. The highest BCUT2D eigenvalue weighted by molar-refractivity contribution is 5.84. The van der Waals surface area contributed by atoms with Gasteiger partial charge >= 0.3 is 0 Å². The van der Waals surface area contributed by atoms with Crippen molar-refractivity contribution in [2.24, 2.45) is 0 Å². The van der Waals surface area contributed by atoms with Crippen molar-refractivity contribution in [2.45, 2.75) is 13.3 Å². The van der Waals surface area contributed by atoms with Crippen LogP contribution in [-0.4, -0.2) is 21.6 Å². The molecule has 0 bridgehead atoms. The Labute approximate surface area is 136 Å². The molecule has 0 saturated carbocycles. The highest BCUT2D eigenvalue weighted by Crippen LogP contribution is 2.39. The number of hydrogen-bond acceptors (Lipinski definition) is 4. The quantitative estimate of drug-likeness (QED) is 0.759. The molecule has 23 heavy (non-hydrogen) atoms. The Bertz CT molecular complexity index is 760. The Hall–Kier alpha value is -2.88. The fourth-order valence-electron chi connectivity index (χ4n) is 2.66. The number of aromatic nitrogens is 2. The second kappa shape index (κ2) is 6.92. The summed E-state index contributed by atoms with van der Waals surface area (Å²) in [5.74, 6) is 0.208. The van der Waals surface area contributed by atoms with E-state index in [1.165, 1.54) is 0 Å². The summed E-state index contributed by atoms with van der Waals surface area (Å²) >= 11 is 0. The lowest BCUT2D eigenvalue weighted by Crippen LogP contribution is -2.18. The first-order chi connectivity index (χ1) is 11.3. The summed E-state index contributed by atoms with van der Waals surface area (Å²) in [5, 5.41) is 10.4. The number of rotatable bonds is 5. The Morgan fingerprint density at radius 1 is 1.00 bits per heavy atom. The Kier molecular flexibility index (Phi) is 4.52. The van der Waals surface area contributed by atoms with Crippen LogP contribution in [0.25, 0.3) is 11.3 Å². The maximum Gasteiger partial charge on any atom is 0.127 e. The van der Waals surface area contributed by atoms with E-state index >= 15 is 0 Å². The van der Waals surface area contributed by atoms with Crippen LogP contribution in [0.3, 0.4) is 0 Å². The van der Waals surface area contributed by atoms with Gasteiger partial charge in [0.05, 0.1) is 23.1 Å². The zero-order valence-corrected chi connectivity index (χ0v) is 13.1. The fourth-order valence-corrected chi connectivity index (χ4v) is 2.66. The van der Waals surface area contributed by atoms with Crippen LogP contribution >= 0.6 is 0 Å². The number of para-hydroxylation sites is 1. The molecule has 1 aromatic heterocycles. The van der Waals surface area contributed by atoms with Gasteiger partial charge in [0.1, 0.15) is 5.75 Å². The number of aromatic hydroxyl groups is 1. The first-order valence-electron chi connectivity index (χ1n) is 7.72. The van der Waals surface area contributed by atoms with Gasteiger partial charge in [0.2, 0.25) is 0 Å². The second-order valence-electron chi connectivity index (χ2n) is 5.25. The molecule has 116 valence electrons. The molecular weight excluding hydrogens is 286 g/mol. The van der Waals surface area contributed by atoms with E-state index in [9.17, 15) is 5.11 Å². The lowest BCUT2D eigenvalue weighted by atomic mass is 10.1. The molecule has 0 radical (unpaired) electrons. The smallest absolute Gasteiger partial charge is 0.127 e. The molecule has 0 spiro atoms. The molecule has 0 saturated heterocycles. The van der Waals surface area contributed by atoms with Gasteiger partial charge in [-0.05, 0) is 30.7 Å². The molecule has 0 fully saturated rings. The van der Waals surface area contributed by atoms with Gasteiger partial charge in [-0.25, -0.2) is 0 Å². The third-order valence-corrected chi connectivity index (χ3v) is 3.65. The van der Waals surface area contributed by atoms with Crippen LogP contribution in [0.2, 0.25) is 0 Å². The van der Waals surface area contributed by atoms with E-state index in [1.54, 1.807) is 24.7 Å². The predicted molar refractivity (Wildman–Crippen MR) is 92.9 cm³/mol. The van der Waals surface area contributed by atoms with Crippen molar-refractivity contribution in [3.8, 4) is 17.0 Å². The van der Waals surface area contributed by atoms with Crippen molar-refractivity contribution in [3.63, 3.8) is 0 Å². The summed E-state index contributed by atoms with van der Waals surface area (Å²) in [5.41, 5.74) is 3.39. The van der Waals surface area contributed by atoms with Crippen LogP contribution in [-0.2, 0) is 0 Å². The predicted octanol–water partition coefficient (Wildman–Crippen LogP) is 4.40. The number of hydrogen-bond donors (Lipinski definition) is 1. The summed E-state index contributed by atoms with van der Waals surface area (Å²) < 4.78 is 0. The van der Waals surface area contributed by atoms with Crippen molar-refractivity contribution in [2.75, 3.05) is 11.4 Å². The number of benzene rings is 2. The van der Waals surface area contributed by atoms with Gasteiger partial charge in [-0.15, -0.1) is 0 Å². The van der Waals surface area contributed by atoms with E-state index in [0.717, 1.165) is 24.3 Å². The van der Waals surface area contributed by atoms with Crippen LogP contribution in [0.4, 0.5) is 11.4 Å². The molecule has 3 aromatic rings. The van der Waals surface area contributed by atoms with Crippen LogP contribution in [0.1, 0.15) is 13.3 Å². The molecule has 2 aromatic carbocycles. The highest BCUT2D eigenvalue weighted by Gasteiger charge is 2.17. The van der Waals surface area contributed by atoms with E-state index in [0.29, 0.717) is 11.3 Å². The van der Waals surface area contributed by atoms with E-state index in [-0.39, 0.29) is 5.75 Å². The third kappa shape index (κ3) is 3.16. The maximum absolute atomic E-state index is 10.4. The molecule has 0 unspecified atom stereocenters. The van der Waals surface area contributed by atoms with Crippen LogP contribution < -0.4 is 4.90 Å². The summed E-state index contributed by atoms with van der Waals surface area (Å²) in [7, 11) is 0. The topological polar surface area (TPSA) is 49.2 Å². The summed E-state index contributed by atoms with van der Waals surface area (Å²) in [6.07, 6.45) is 5.93. The first kappa shape index (κ1) is 15.0. The van der Waals surface area contributed by atoms with Gasteiger partial charge in [-0.3, -0.25) is 9.97 Å². The molecule has 0 aliphatic carbocycles. The van der Waals surface area contributed by atoms with Crippen molar-refractivity contribution in [1.29, 1.82) is 0 Å². The summed E-state index contributed by atoms with van der Waals surface area (Å²) in [6.45, 7) is 2.99. The lowest BCUT2D eigenvalue weighted by molar-refractivity contribution is 0.477. The van der Waals surface area contributed by atoms with Crippen molar-refractivity contribution < 1.29 is 5.11 Å². The molecule has 3 rings (SSSR count). The molecule has 1 heterocycles. The second-order valence-corrected chi connectivity index (χ2v) is 5.25. The van der Waals surface area contributed by atoms with Crippen molar-refractivity contribution in [3.05, 3.63) is 67.1 Å². The van der Waals surface area contributed by atoms with E-state index in [1.807, 2.05) is 30.3 Å². The molecule has 0 aliphatic rings. The molecule has 4 heteroatoms. The third-order valence-electron chi connectivity index (χ3n) is 3.65. The molecule has 1 N–H and O–H groups in total. The number of anilines is 2. The van der Waals surface area contributed by atoms with Crippen LogP contribution in [0, 0.1) is 0 Å². The standard InChI is InChI=1S/C19H19N3O/c1-2-13-22(15-7-4-3-5-8-15)17-9-6-10-18(23)19(17)16-14-20-11-12-21-16/h3-12,14,23H,2,13H2,1H3. The lowest BCUT2D eigenvalue weighted by Gasteiger charge is -2.27. The Balaban J connectivity index is 2.16. The minimum atomic E-state index is 0.208. The van der Waals surface area contributed by atoms with E-state index in [2.05, 4.69) is 33.9 Å². The Morgan fingerprint density at radius 2 is 1.83 bits per heavy atom. The SMILES string of the molecule is CCCN(c1ccccc1)c1cccc(O)c1-c1cnccn1. The molecule has 0 amide bonds. The average molecular weight is 305 g/mol. The summed E-state index contributed by atoms with van der Waals surface area (Å²) in [4.78, 5) is 10.7. The first-order valence-corrected chi connectivity index (χ1v) is 7.72. The molecular formula is C19H19N3O. The number of phenolic OH excluding ortho intramolecular Hbond substituents is 1.